The van der Waals surface area contributed by atoms with Crippen molar-refractivity contribution >= 4 is 22.4 Å². The number of carbonyl (C=O) groups excluding carboxylic acids is 1. The van der Waals surface area contributed by atoms with E-state index in [0.29, 0.717) is 23.8 Å². The molecule has 4 heteroatoms. The fourth-order valence-electron chi connectivity index (χ4n) is 3.86. The second-order valence-corrected chi connectivity index (χ2v) is 6.43. The number of rotatable bonds is 3. The van der Waals surface area contributed by atoms with Gasteiger partial charge in [0.15, 0.2) is 11.5 Å². The van der Waals surface area contributed by atoms with E-state index >= 15 is 0 Å². The molecule has 3 aliphatic rings. The van der Waals surface area contributed by atoms with Crippen LogP contribution in [0.2, 0.25) is 0 Å². The van der Waals surface area contributed by atoms with Gasteiger partial charge in [-0.2, -0.15) is 0 Å². The lowest BCUT2D eigenvalue weighted by atomic mass is 9.76. The molecule has 2 bridgehead atoms. The van der Waals surface area contributed by atoms with Gasteiger partial charge in [0, 0.05) is 24.0 Å². The first-order valence-electron chi connectivity index (χ1n) is 7.73. The normalized spacial score (nSPS) is 28.1. The number of furan rings is 1. The standard InChI is InChI=1S/C17H20N2O2/c18-14-1-2-16-12(7-14)9-17(21-16)15(20)8-13-10-19-5-3-11(13)4-6-19/h1-2,7,9,11,13H,3-6,8,10,18H2/t13-/m1/s1. The first-order chi connectivity index (χ1) is 10.2. The summed E-state index contributed by atoms with van der Waals surface area (Å²) in [6.45, 7) is 3.49. The van der Waals surface area contributed by atoms with E-state index in [4.69, 9.17) is 10.2 Å². The summed E-state index contributed by atoms with van der Waals surface area (Å²) < 4.78 is 5.69. The van der Waals surface area contributed by atoms with Gasteiger partial charge in [-0.25, -0.2) is 0 Å². The molecule has 1 aromatic carbocycles. The van der Waals surface area contributed by atoms with Crippen molar-refractivity contribution in [2.45, 2.75) is 19.3 Å². The molecule has 4 nitrogen and oxygen atoms in total. The van der Waals surface area contributed by atoms with Crippen LogP contribution in [0.4, 0.5) is 5.69 Å². The van der Waals surface area contributed by atoms with Crippen LogP contribution in [0.25, 0.3) is 11.0 Å². The molecular weight excluding hydrogens is 264 g/mol. The maximum atomic E-state index is 12.5. The Hall–Kier alpha value is -1.81. The fourth-order valence-corrected chi connectivity index (χ4v) is 3.86. The number of piperidine rings is 3. The van der Waals surface area contributed by atoms with Gasteiger partial charge in [-0.1, -0.05) is 0 Å². The maximum Gasteiger partial charge on any atom is 0.198 e. The minimum Gasteiger partial charge on any atom is -0.453 e. The van der Waals surface area contributed by atoms with Crippen LogP contribution in [0.1, 0.15) is 29.8 Å². The molecule has 3 fully saturated rings. The van der Waals surface area contributed by atoms with Gasteiger partial charge >= 0.3 is 0 Å². The number of Topliss-reactive ketones (excluding diaryl/α,β-unsaturated/α-hetero) is 1. The third-order valence-electron chi connectivity index (χ3n) is 5.05. The molecule has 4 heterocycles. The highest BCUT2D eigenvalue weighted by molar-refractivity contribution is 5.98. The van der Waals surface area contributed by atoms with Crippen molar-refractivity contribution in [3.05, 3.63) is 30.0 Å². The van der Waals surface area contributed by atoms with Gasteiger partial charge in [-0.05, 0) is 62.0 Å². The molecule has 1 aromatic heterocycles. The van der Waals surface area contributed by atoms with Crippen molar-refractivity contribution in [3.8, 4) is 0 Å². The molecule has 1 atom stereocenters. The van der Waals surface area contributed by atoms with Crippen LogP contribution in [0.15, 0.2) is 28.7 Å². The lowest BCUT2D eigenvalue weighted by Crippen LogP contribution is -2.47. The van der Waals surface area contributed by atoms with Crippen molar-refractivity contribution < 1.29 is 9.21 Å². The molecule has 0 aliphatic carbocycles. The van der Waals surface area contributed by atoms with Crippen LogP contribution >= 0.6 is 0 Å². The summed E-state index contributed by atoms with van der Waals surface area (Å²) >= 11 is 0. The van der Waals surface area contributed by atoms with Gasteiger partial charge in [-0.3, -0.25) is 4.79 Å². The molecular formula is C17H20N2O2. The minimum absolute atomic E-state index is 0.128. The predicted octanol–water partition coefficient (Wildman–Crippen LogP) is 2.93. The average Bonchev–Trinajstić information content (AvgIpc) is 2.91. The Morgan fingerprint density at radius 2 is 2.10 bits per heavy atom. The molecule has 2 aromatic rings. The molecule has 3 aliphatic heterocycles. The number of anilines is 1. The molecule has 3 saturated heterocycles. The summed E-state index contributed by atoms with van der Waals surface area (Å²) in [5, 5.41) is 0.910. The van der Waals surface area contributed by atoms with Gasteiger partial charge in [0.25, 0.3) is 0 Å². The lowest BCUT2D eigenvalue weighted by Gasteiger charge is -2.44. The highest BCUT2D eigenvalue weighted by atomic mass is 16.3. The SMILES string of the molecule is Nc1ccc2oc(C(=O)C[C@@H]3CN4CCC3CC4)cc2c1. The van der Waals surface area contributed by atoms with E-state index in [1.54, 1.807) is 6.07 Å². The first kappa shape index (κ1) is 12.9. The van der Waals surface area contributed by atoms with Crippen LogP contribution in [0.3, 0.4) is 0 Å². The summed E-state index contributed by atoms with van der Waals surface area (Å²) in [6.07, 6.45) is 3.10. The summed E-state index contributed by atoms with van der Waals surface area (Å²) in [7, 11) is 0. The average molecular weight is 284 g/mol. The predicted molar refractivity (Wildman–Crippen MR) is 82.2 cm³/mol. The zero-order valence-electron chi connectivity index (χ0n) is 12.0. The summed E-state index contributed by atoms with van der Waals surface area (Å²) in [4.78, 5) is 15.0. The number of nitrogens with two attached hydrogens (primary N) is 1. The van der Waals surface area contributed by atoms with Crippen molar-refractivity contribution in [3.63, 3.8) is 0 Å². The number of hydrogen-bond donors (Lipinski definition) is 1. The number of hydrogen-bond acceptors (Lipinski definition) is 4. The number of carbonyl (C=O) groups is 1. The number of fused-ring (bicyclic) bond motifs is 4. The van der Waals surface area contributed by atoms with Gasteiger partial charge in [0.05, 0.1) is 0 Å². The monoisotopic (exact) mass is 284 g/mol. The van der Waals surface area contributed by atoms with Crippen LogP contribution < -0.4 is 5.73 Å². The van der Waals surface area contributed by atoms with Gasteiger partial charge in [-0.15, -0.1) is 0 Å². The molecule has 0 spiro atoms. The Kier molecular flexibility index (Phi) is 3.00. The van der Waals surface area contributed by atoms with E-state index in [-0.39, 0.29) is 5.78 Å². The number of nitrogens with zero attached hydrogens (tertiary/aromatic N) is 1. The van der Waals surface area contributed by atoms with Crippen LogP contribution in [0.5, 0.6) is 0 Å². The molecule has 110 valence electrons. The van der Waals surface area contributed by atoms with Gasteiger partial charge in [0.1, 0.15) is 5.58 Å². The maximum absolute atomic E-state index is 12.5. The molecule has 0 radical (unpaired) electrons. The second-order valence-electron chi connectivity index (χ2n) is 6.43. The zero-order valence-corrected chi connectivity index (χ0v) is 12.0. The van der Waals surface area contributed by atoms with Crippen LogP contribution in [-0.4, -0.2) is 30.3 Å². The van der Waals surface area contributed by atoms with E-state index in [1.165, 1.54) is 25.9 Å². The van der Waals surface area contributed by atoms with Crippen molar-refractivity contribution in [2.75, 3.05) is 25.4 Å². The van der Waals surface area contributed by atoms with E-state index in [1.807, 2.05) is 18.2 Å². The Labute approximate surface area is 123 Å². The van der Waals surface area contributed by atoms with Crippen LogP contribution in [0, 0.1) is 11.8 Å². The Balaban J connectivity index is 1.53. The zero-order chi connectivity index (χ0) is 14.4. The highest BCUT2D eigenvalue weighted by Gasteiger charge is 2.35. The minimum atomic E-state index is 0.128. The van der Waals surface area contributed by atoms with Crippen molar-refractivity contribution in [1.82, 2.24) is 4.90 Å². The lowest BCUT2D eigenvalue weighted by molar-refractivity contribution is 0.0433. The summed E-state index contributed by atoms with van der Waals surface area (Å²) in [5.41, 5.74) is 7.20. The van der Waals surface area contributed by atoms with Crippen molar-refractivity contribution in [2.24, 2.45) is 11.8 Å². The summed E-state index contributed by atoms with van der Waals surface area (Å²) in [5.74, 6) is 1.83. The number of nitrogen functional groups attached to an aromatic ring is 1. The molecule has 2 N–H and O–H groups in total. The van der Waals surface area contributed by atoms with E-state index in [2.05, 4.69) is 4.90 Å². The largest absolute Gasteiger partial charge is 0.453 e. The molecule has 5 rings (SSSR count). The smallest absolute Gasteiger partial charge is 0.198 e. The van der Waals surface area contributed by atoms with E-state index in [0.717, 1.165) is 23.4 Å². The first-order valence-corrected chi connectivity index (χ1v) is 7.73. The molecule has 0 saturated carbocycles. The summed E-state index contributed by atoms with van der Waals surface area (Å²) in [6, 6.07) is 7.31. The Morgan fingerprint density at radius 1 is 1.29 bits per heavy atom. The van der Waals surface area contributed by atoms with Gasteiger partial charge in [0.2, 0.25) is 0 Å². The third-order valence-corrected chi connectivity index (χ3v) is 5.05. The fraction of sp³-hybridized carbons (Fsp3) is 0.471. The van der Waals surface area contributed by atoms with Gasteiger partial charge < -0.3 is 15.1 Å². The Morgan fingerprint density at radius 3 is 2.81 bits per heavy atom. The second kappa shape index (κ2) is 4.88. The Bertz CT molecular complexity index is 683. The van der Waals surface area contributed by atoms with Crippen LogP contribution in [-0.2, 0) is 0 Å². The number of benzene rings is 1. The van der Waals surface area contributed by atoms with E-state index < -0.39 is 0 Å². The topological polar surface area (TPSA) is 59.5 Å². The molecule has 0 unspecified atom stereocenters. The number of ketones is 1. The third kappa shape index (κ3) is 2.33. The molecule has 21 heavy (non-hydrogen) atoms. The quantitative estimate of drug-likeness (QED) is 0.695. The highest BCUT2D eigenvalue weighted by Crippen LogP contribution is 2.35. The van der Waals surface area contributed by atoms with E-state index in [9.17, 15) is 4.79 Å². The molecule has 0 amide bonds. The van der Waals surface area contributed by atoms with Crippen molar-refractivity contribution in [1.29, 1.82) is 0 Å².